The summed E-state index contributed by atoms with van der Waals surface area (Å²) in [6.45, 7) is 5.63. The van der Waals surface area contributed by atoms with Crippen molar-refractivity contribution in [3.8, 4) is 0 Å². The molecule has 0 saturated heterocycles. The molecule has 2 aromatic rings. The third-order valence-corrected chi connectivity index (χ3v) is 2.94. The highest BCUT2D eigenvalue weighted by Gasteiger charge is 2.16. The first kappa shape index (κ1) is 14.9. The van der Waals surface area contributed by atoms with Crippen molar-refractivity contribution in [2.75, 3.05) is 11.1 Å². The van der Waals surface area contributed by atoms with Crippen molar-refractivity contribution in [3.05, 3.63) is 47.3 Å². The molecule has 0 spiro atoms. The van der Waals surface area contributed by atoms with Crippen molar-refractivity contribution in [2.45, 2.75) is 26.7 Å². The van der Waals surface area contributed by atoms with Crippen LogP contribution in [0.1, 0.15) is 41.6 Å². The van der Waals surface area contributed by atoms with Crippen LogP contribution in [0.3, 0.4) is 0 Å². The minimum absolute atomic E-state index is 0.0506. The van der Waals surface area contributed by atoms with Crippen molar-refractivity contribution < 1.29 is 9.18 Å². The lowest BCUT2D eigenvalue weighted by molar-refractivity contribution is 0.102. The Morgan fingerprint density at radius 3 is 2.76 bits per heavy atom. The van der Waals surface area contributed by atoms with Crippen LogP contribution in [-0.2, 0) is 0 Å². The van der Waals surface area contributed by atoms with Gasteiger partial charge in [-0.25, -0.2) is 14.4 Å². The number of halogens is 1. The fourth-order valence-corrected chi connectivity index (χ4v) is 1.78. The van der Waals surface area contributed by atoms with E-state index in [-0.39, 0.29) is 23.0 Å². The van der Waals surface area contributed by atoms with Gasteiger partial charge < -0.3 is 11.1 Å². The zero-order valence-electron chi connectivity index (χ0n) is 12.1. The van der Waals surface area contributed by atoms with Crippen LogP contribution in [0, 0.1) is 12.7 Å². The van der Waals surface area contributed by atoms with Crippen LogP contribution in [0.5, 0.6) is 0 Å². The predicted octanol–water partition coefficient (Wildman–Crippen LogP) is 2.88. The summed E-state index contributed by atoms with van der Waals surface area (Å²) in [5.41, 5.74) is 6.88. The largest absolute Gasteiger partial charge is 0.396 e. The summed E-state index contributed by atoms with van der Waals surface area (Å²) in [5.74, 6) is -0.487. The number of anilines is 2. The Labute approximate surface area is 122 Å². The molecule has 0 radical (unpaired) electrons. The molecule has 1 amide bonds. The zero-order valence-corrected chi connectivity index (χ0v) is 12.1. The van der Waals surface area contributed by atoms with Gasteiger partial charge in [0, 0.05) is 5.92 Å². The molecule has 6 heteroatoms. The highest BCUT2D eigenvalue weighted by molar-refractivity contribution is 6.06. The minimum Gasteiger partial charge on any atom is -0.396 e. The number of hydrogen-bond acceptors (Lipinski definition) is 4. The summed E-state index contributed by atoms with van der Waals surface area (Å²) in [6.07, 6.45) is 1.39. The Morgan fingerprint density at radius 2 is 2.10 bits per heavy atom. The molecule has 110 valence electrons. The number of hydrogen-bond donors (Lipinski definition) is 2. The third-order valence-electron chi connectivity index (χ3n) is 2.94. The zero-order chi connectivity index (χ0) is 15.6. The molecule has 0 aliphatic carbocycles. The Kier molecular flexibility index (Phi) is 4.16. The summed E-state index contributed by atoms with van der Waals surface area (Å²) in [7, 11) is 0. The van der Waals surface area contributed by atoms with E-state index in [4.69, 9.17) is 5.73 Å². The van der Waals surface area contributed by atoms with Gasteiger partial charge in [0.25, 0.3) is 5.91 Å². The van der Waals surface area contributed by atoms with E-state index in [0.29, 0.717) is 5.82 Å². The molecule has 0 fully saturated rings. The number of nitrogens with one attached hydrogen (secondary N) is 1. The lowest BCUT2D eigenvalue weighted by Crippen LogP contribution is -2.18. The van der Waals surface area contributed by atoms with E-state index in [1.165, 1.54) is 12.3 Å². The van der Waals surface area contributed by atoms with E-state index in [2.05, 4.69) is 15.3 Å². The van der Waals surface area contributed by atoms with Gasteiger partial charge in [-0.05, 0) is 24.6 Å². The number of carbonyl (C=O) groups excluding carboxylic acids is 1. The van der Waals surface area contributed by atoms with Gasteiger partial charge in [0.05, 0.1) is 17.6 Å². The van der Waals surface area contributed by atoms with Crippen LogP contribution < -0.4 is 11.1 Å². The van der Waals surface area contributed by atoms with Crippen molar-refractivity contribution in [3.63, 3.8) is 0 Å². The van der Waals surface area contributed by atoms with Crippen LogP contribution in [0.15, 0.2) is 24.4 Å². The van der Waals surface area contributed by atoms with E-state index in [0.717, 1.165) is 5.56 Å². The van der Waals surface area contributed by atoms with Gasteiger partial charge in [-0.1, -0.05) is 19.9 Å². The summed E-state index contributed by atoms with van der Waals surface area (Å²) >= 11 is 0. The summed E-state index contributed by atoms with van der Waals surface area (Å²) in [5, 5.41) is 2.49. The molecule has 0 aliphatic rings. The molecule has 1 aromatic heterocycles. The number of carbonyl (C=O) groups is 1. The molecular weight excluding hydrogens is 271 g/mol. The Morgan fingerprint density at radius 1 is 1.38 bits per heavy atom. The quantitative estimate of drug-likeness (QED) is 0.910. The number of nitrogen functional groups attached to an aromatic ring is 1. The standard InChI is InChI=1S/C15H17FN4O/c1-8(2)14-18-7-11(17)13(20-14)15(21)19-12-6-9(3)4-5-10(12)16/h4-8H,17H2,1-3H3,(H,19,21). The van der Waals surface area contributed by atoms with Crippen LogP contribution in [-0.4, -0.2) is 15.9 Å². The van der Waals surface area contributed by atoms with E-state index in [1.54, 1.807) is 12.1 Å². The van der Waals surface area contributed by atoms with Gasteiger partial charge >= 0.3 is 0 Å². The number of benzene rings is 1. The van der Waals surface area contributed by atoms with Crippen LogP contribution in [0.4, 0.5) is 15.8 Å². The number of aromatic nitrogens is 2. The molecule has 0 saturated carbocycles. The first-order chi connectivity index (χ1) is 9.88. The van der Waals surface area contributed by atoms with Crippen molar-refractivity contribution >= 4 is 17.3 Å². The lowest BCUT2D eigenvalue weighted by Gasteiger charge is -2.10. The Bertz CT molecular complexity index is 685. The van der Waals surface area contributed by atoms with Gasteiger partial charge in [0.1, 0.15) is 11.6 Å². The van der Waals surface area contributed by atoms with E-state index < -0.39 is 11.7 Å². The minimum atomic E-state index is -0.554. The molecule has 21 heavy (non-hydrogen) atoms. The molecule has 0 bridgehead atoms. The average molecular weight is 288 g/mol. The third kappa shape index (κ3) is 3.34. The maximum atomic E-state index is 13.7. The second-order valence-corrected chi connectivity index (χ2v) is 5.12. The molecule has 2 rings (SSSR count). The summed E-state index contributed by atoms with van der Waals surface area (Å²) in [6, 6.07) is 4.47. The molecule has 1 aromatic carbocycles. The second-order valence-electron chi connectivity index (χ2n) is 5.12. The van der Waals surface area contributed by atoms with Crippen molar-refractivity contribution in [1.82, 2.24) is 9.97 Å². The molecule has 3 N–H and O–H groups in total. The Hall–Kier alpha value is -2.50. The number of rotatable bonds is 3. The van der Waals surface area contributed by atoms with E-state index in [9.17, 15) is 9.18 Å². The Balaban J connectivity index is 2.32. The van der Waals surface area contributed by atoms with Gasteiger partial charge in [0.15, 0.2) is 5.69 Å². The molecule has 0 aliphatic heterocycles. The molecule has 1 heterocycles. The van der Waals surface area contributed by atoms with Gasteiger partial charge in [-0.3, -0.25) is 4.79 Å². The number of aryl methyl sites for hydroxylation is 1. The van der Waals surface area contributed by atoms with Gasteiger partial charge in [-0.2, -0.15) is 0 Å². The van der Waals surface area contributed by atoms with Crippen LogP contribution >= 0.6 is 0 Å². The molecule has 0 unspecified atom stereocenters. The van der Waals surface area contributed by atoms with E-state index >= 15 is 0 Å². The van der Waals surface area contributed by atoms with Crippen LogP contribution in [0.2, 0.25) is 0 Å². The van der Waals surface area contributed by atoms with Gasteiger partial charge in [-0.15, -0.1) is 0 Å². The monoisotopic (exact) mass is 288 g/mol. The molecule has 5 nitrogen and oxygen atoms in total. The smallest absolute Gasteiger partial charge is 0.276 e. The van der Waals surface area contributed by atoms with Crippen molar-refractivity contribution in [2.24, 2.45) is 0 Å². The average Bonchev–Trinajstić information content (AvgIpc) is 2.43. The molecule has 0 atom stereocenters. The molecular formula is C15H17FN4O. The van der Waals surface area contributed by atoms with Crippen molar-refractivity contribution in [1.29, 1.82) is 0 Å². The highest BCUT2D eigenvalue weighted by Crippen LogP contribution is 2.19. The fourth-order valence-electron chi connectivity index (χ4n) is 1.78. The number of nitrogens with two attached hydrogens (primary N) is 1. The van der Waals surface area contributed by atoms with Crippen LogP contribution in [0.25, 0.3) is 0 Å². The topological polar surface area (TPSA) is 80.9 Å². The first-order valence-corrected chi connectivity index (χ1v) is 6.58. The van der Waals surface area contributed by atoms with E-state index in [1.807, 2.05) is 20.8 Å². The number of amides is 1. The van der Waals surface area contributed by atoms with Gasteiger partial charge in [0.2, 0.25) is 0 Å². The maximum absolute atomic E-state index is 13.7. The fraction of sp³-hybridized carbons (Fsp3) is 0.267. The predicted molar refractivity (Wildman–Crippen MR) is 79.6 cm³/mol. The highest BCUT2D eigenvalue weighted by atomic mass is 19.1. The SMILES string of the molecule is Cc1ccc(F)c(NC(=O)c2nc(C(C)C)ncc2N)c1. The maximum Gasteiger partial charge on any atom is 0.276 e. The second kappa shape index (κ2) is 5.87. The lowest BCUT2D eigenvalue weighted by atomic mass is 10.2. The first-order valence-electron chi connectivity index (χ1n) is 6.58. The summed E-state index contributed by atoms with van der Waals surface area (Å²) < 4.78 is 13.7. The summed E-state index contributed by atoms with van der Waals surface area (Å²) in [4.78, 5) is 20.4. The number of nitrogens with zero attached hydrogens (tertiary/aromatic N) is 2. The normalized spacial score (nSPS) is 10.7.